The molecule has 4 aliphatic heterocycles. The number of nitrogens with one attached hydrogen (secondary N) is 6. The average Bonchev–Trinajstić information content (AvgIpc) is 2.18. The first kappa shape index (κ1) is 62.3. The van der Waals surface area contributed by atoms with Gasteiger partial charge < -0.3 is 37.0 Å². The van der Waals surface area contributed by atoms with E-state index < -0.39 is 75.8 Å². The van der Waals surface area contributed by atoms with E-state index in [1.54, 1.807) is 12.1 Å². The van der Waals surface area contributed by atoms with Gasteiger partial charge in [0.1, 0.15) is 34.5 Å². The van der Waals surface area contributed by atoms with E-state index in [-0.39, 0.29) is 55.6 Å². The first-order valence-electron chi connectivity index (χ1n) is 29.1. The molecule has 2 unspecified atom stereocenters. The minimum absolute atomic E-state index is 0.105. The minimum Gasteiger partial charge on any atom is -0.393 e. The van der Waals surface area contributed by atoms with E-state index in [4.69, 9.17) is 46.4 Å². The molecule has 0 aromatic heterocycles. The van der Waals surface area contributed by atoms with Crippen LogP contribution < -0.4 is 31.9 Å². The number of carbonyl (C=O) groups is 4. The number of anilines is 1. The van der Waals surface area contributed by atoms with E-state index in [1.807, 2.05) is 20.8 Å². The maximum absolute atomic E-state index is 15.1. The predicted octanol–water partition coefficient (Wildman–Crippen LogP) is 12.6. The number of hydrogen-bond donors (Lipinski definition) is 7. The molecule has 4 heterocycles. The third kappa shape index (κ3) is 12.5. The van der Waals surface area contributed by atoms with E-state index in [9.17, 15) is 33.1 Å². The molecule has 11 nitrogen and oxygen atoms in total. The largest absolute Gasteiger partial charge is 0.393 e. The Hall–Kier alpha value is -4.22. The number of benzene rings is 3. The molecule has 4 amide bonds. The molecular formula is C63H78Cl4F4N6O5. The third-order valence-electron chi connectivity index (χ3n) is 18.3. The number of allylic oxidation sites excluding steroid dienone is 3. The van der Waals surface area contributed by atoms with Gasteiger partial charge in [0.15, 0.2) is 0 Å². The molecule has 0 radical (unpaired) electrons. The first-order valence-corrected chi connectivity index (χ1v) is 30.7. The standard InChI is InChI=1S/C32H39Cl2F2N3O2.C31H39Cl2F2N3O3/c1-17-7-8-18(12-17)6-5-11-37-29(40)28-27(19-9-10-23(35)21(33)13-19)32(26(39-28)16-31(2,3)4)20-14-24(36)22(34)15-25(20)38-30(32)41;1-30(2,3)15-25-31(19-13-23(35)21(33)14-24(19)37-29(31)41)26(17-7-9-22(34)20(32)12-17)27(38-25)28(40)36-10-4-5-16-6-8-18(39)11-16/h9-10,13-15,17-18,26-28,39H,5-8,11-12,16H2,1-4H3,(H,37,40)(H,38,41);7,9,12-14,16,18,21,23,25-27,38-39H,4-6,8,10-11,15H2,1-3H3,(H,36,40)(H,37,41)/t17-,18+,26+,27-,28+,32-;16-,18+,21?,23?,25-,26+,27-,31+/m01/s1. The molecule has 10 rings (SSSR count). The van der Waals surface area contributed by atoms with Gasteiger partial charge in [-0.05, 0) is 164 Å². The Labute approximate surface area is 499 Å². The molecule has 3 saturated heterocycles. The van der Waals surface area contributed by atoms with Crippen LogP contribution in [0.3, 0.4) is 0 Å². The second-order valence-corrected chi connectivity index (χ2v) is 28.4. The summed E-state index contributed by atoms with van der Waals surface area (Å²) < 4.78 is 58.8. The lowest BCUT2D eigenvalue weighted by molar-refractivity contribution is -0.128. The molecule has 3 aromatic rings. The lowest BCUT2D eigenvalue weighted by Crippen LogP contribution is -2.49. The summed E-state index contributed by atoms with van der Waals surface area (Å²) >= 11 is 24.8. The number of amides is 4. The Morgan fingerprint density at radius 2 is 1.17 bits per heavy atom. The normalized spacial score (nSPS) is 32.0. The zero-order valence-corrected chi connectivity index (χ0v) is 50.7. The summed E-state index contributed by atoms with van der Waals surface area (Å²) in [5, 5.41) is 27.5. The van der Waals surface area contributed by atoms with Crippen molar-refractivity contribution in [3.63, 3.8) is 0 Å². The molecule has 5 fully saturated rings. The molecule has 446 valence electrons. The van der Waals surface area contributed by atoms with Crippen molar-refractivity contribution in [2.75, 3.05) is 18.4 Å². The molecule has 7 aliphatic rings. The zero-order valence-electron chi connectivity index (χ0n) is 47.7. The lowest BCUT2D eigenvalue weighted by atomic mass is 9.61. The highest BCUT2D eigenvalue weighted by Crippen LogP contribution is 2.60. The van der Waals surface area contributed by atoms with Gasteiger partial charge >= 0.3 is 0 Å². The van der Waals surface area contributed by atoms with Crippen LogP contribution in [0.1, 0.15) is 154 Å². The van der Waals surface area contributed by atoms with Gasteiger partial charge in [-0.1, -0.05) is 108 Å². The van der Waals surface area contributed by atoms with Crippen LogP contribution in [0.4, 0.5) is 23.2 Å². The van der Waals surface area contributed by atoms with E-state index in [1.165, 1.54) is 67.8 Å². The van der Waals surface area contributed by atoms with Gasteiger partial charge in [0, 0.05) is 48.4 Å². The molecule has 7 N–H and O–H groups in total. The van der Waals surface area contributed by atoms with Crippen molar-refractivity contribution in [1.29, 1.82) is 0 Å². The highest BCUT2D eigenvalue weighted by atomic mass is 35.5. The summed E-state index contributed by atoms with van der Waals surface area (Å²) in [6.07, 6.45) is 12.1. The lowest BCUT2D eigenvalue weighted by Gasteiger charge is -2.38. The fourth-order valence-corrected chi connectivity index (χ4v) is 15.5. The van der Waals surface area contributed by atoms with Crippen LogP contribution in [0.5, 0.6) is 0 Å². The molecule has 3 aromatic carbocycles. The van der Waals surface area contributed by atoms with Crippen LogP contribution in [0.15, 0.2) is 72.0 Å². The van der Waals surface area contributed by atoms with Gasteiger partial charge in [-0.25, -0.2) is 17.6 Å². The van der Waals surface area contributed by atoms with E-state index in [2.05, 4.69) is 59.6 Å². The summed E-state index contributed by atoms with van der Waals surface area (Å²) in [5.41, 5.74) is -0.418. The Kier molecular flexibility index (Phi) is 18.7. The maximum Gasteiger partial charge on any atom is 0.237 e. The van der Waals surface area contributed by atoms with Crippen LogP contribution in [-0.4, -0.2) is 83.6 Å². The van der Waals surface area contributed by atoms with Crippen molar-refractivity contribution in [2.45, 2.75) is 185 Å². The molecule has 14 atom stereocenters. The molecule has 82 heavy (non-hydrogen) atoms. The quantitative estimate of drug-likeness (QED) is 0.0480. The number of rotatable bonds is 14. The second-order valence-electron chi connectivity index (χ2n) is 26.7. The summed E-state index contributed by atoms with van der Waals surface area (Å²) in [5.74, 6) is -2.78. The van der Waals surface area contributed by atoms with Crippen LogP contribution in [0.25, 0.3) is 0 Å². The minimum atomic E-state index is -1.52. The first-order chi connectivity index (χ1) is 38.6. The second kappa shape index (κ2) is 24.6. The smallest absolute Gasteiger partial charge is 0.237 e. The molecule has 2 saturated carbocycles. The number of alkyl halides is 2. The fraction of sp³-hybridized carbons (Fsp3) is 0.587. The number of carbonyl (C=O) groups excluding carboxylic acids is 4. The number of halogens is 8. The van der Waals surface area contributed by atoms with Crippen molar-refractivity contribution >= 4 is 75.7 Å². The third-order valence-corrected chi connectivity index (χ3v) is 19.5. The molecule has 19 heteroatoms. The van der Waals surface area contributed by atoms with Crippen LogP contribution in [0.2, 0.25) is 15.1 Å². The number of aliphatic hydroxyl groups excluding tert-OH is 1. The highest BCUT2D eigenvalue weighted by Gasteiger charge is 2.68. The Morgan fingerprint density at radius 3 is 1.67 bits per heavy atom. The fourth-order valence-electron chi connectivity index (χ4n) is 14.8. The number of aliphatic hydroxyl groups is 1. The number of hydrogen-bond acceptors (Lipinski definition) is 7. The monoisotopic (exact) mass is 1210 g/mol. The van der Waals surface area contributed by atoms with Gasteiger partial charge in [-0.3, -0.25) is 19.2 Å². The van der Waals surface area contributed by atoms with Gasteiger partial charge in [0.2, 0.25) is 23.6 Å². The molecule has 3 aliphatic carbocycles. The highest BCUT2D eigenvalue weighted by molar-refractivity contribution is 6.32. The van der Waals surface area contributed by atoms with E-state index >= 15 is 8.78 Å². The van der Waals surface area contributed by atoms with Gasteiger partial charge in [-0.15, -0.1) is 11.6 Å². The van der Waals surface area contributed by atoms with Crippen molar-refractivity contribution in [2.24, 2.45) is 34.0 Å². The summed E-state index contributed by atoms with van der Waals surface area (Å²) in [6, 6.07) is 8.47. The molecule has 2 spiro atoms. The maximum atomic E-state index is 15.1. The zero-order chi connectivity index (χ0) is 59.4. The molecular weight excluding hydrogens is 1140 g/mol. The van der Waals surface area contributed by atoms with Gasteiger partial charge in [-0.2, -0.15) is 0 Å². The Morgan fingerprint density at radius 1 is 0.671 bits per heavy atom. The van der Waals surface area contributed by atoms with E-state index in [0.717, 1.165) is 50.9 Å². The van der Waals surface area contributed by atoms with Gasteiger partial charge in [0.05, 0.1) is 38.6 Å². The topological polar surface area (TPSA) is 161 Å². The summed E-state index contributed by atoms with van der Waals surface area (Å²) in [4.78, 5) is 56.1. The van der Waals surface area contributed by atoms with Crippen LogP contribution >= 0.6 is 46.4 Å². The van der Waals surface area contributed by atoms with Crippen LogP contribution in [0, 0.1) is 51.5 Å². The average molecular weight is 1220 g/mol. The van der Waals surface area contributed by atoms with Gasteiger partial charge in [0.25, 0.3) is 0 Å². The van der Waals surface area contributed by atoms with Crippen molar-refractivity contribution < 1.29 is 41.8 Å². The van der Waals surface area contributed by atoms with E-state index in [0.29, 0.717) is 71.4 Å². The Balaban J connectivity index is 0.000000198. The van der Waals surface area contributed by atoms with Crippen molar-refractivity contribution in [3.05, 3.63) is 121 Å². The van der Waals surface area contributed by atoms with Crippen LogP contribution in [-0.2, 0) is 24.6 Å². The van der Waals surface area contributed by atoms with Crippen molar-refractivity contribution in [3.8, 4) is 0 Å². The summed E-state index contributed by atoms with van der Waals surface area (Å²) in [7, 11) is 0. The van der Waals surface area contributed by atoms with Crippen molar-refractivity contribution in [1.82, 2.24) is 26.6 Å². The summed E-state index contributed by atoms with van der Waals surface area (Å²) in [6.45, 7) is 15.6. The Bertz CT molecular complexity index is 3010. The predicted molar refractivity (Wildman–Crippen MR) is 315 cm³/mol. The molecule has 0 bridgehead atoms. The number of fused-ring (bicyclic) bond motifs is 4. The SMILES string of the molecule is CC(C)(C)C[C@H]1N[C@@H](C(=O)NCCC[C@@H]2CC[C@H](O)C2)[C@H](c2ccc(F)c(Cl)c2)[C@@]12C(=O)NC1=CC(Cl)C(F)C=C12.C[C@H]1CC[C@@H](CCCNC(=O)[C@@H]2N[C@H](CC(C)(C)C)[C@]3(C(=O)Nc4cc(Cl)c(F)cc43)[C@H]2c2ccc(F)c(Cl)c2)C1.